The molecule has 1 fully saturated rings. The minimum absolute atomic E-state index is 0.126. The lowest BCUT2D eigenvalue weighted by Crippen LogP contribution is -2.49. The van der Waals surface area contributed by atoms with E-state index in [-0.39, 0.29) is 41.1 Å². The molecule has 4 rings (SSSR count). The molecular weight excluding hydrogens is 587 g/mol. The molecule has 0 spiro atoms. The Balaban J connectivity index is 1.46. The minimum atomic E-state index is -4.57. The van der Waals surface area contributed by atoms with Crippen LogP contribution >= 0.6 is 11.6 Å². The van der Waals surface area contributed by atoms with Crippen LogP contribution in [-0.2, 0) is 18.3 Å². The van der Waals surface area contributed by atoms with Gasteiger partial charge in [0.1, 0.15) is 5.75 Å². The summed E-state index contributed by atoms with van der Waals surface area (Å²) in [5, 5.41) is 5.64. The standard InChI is InChI=1S/C30H33ClF3N5O4/c1-18(40)28-37-25(16-38(28)3)21-7-5-20(6-8-21)13-23(15-35-27(41)17-39-11-4-12-39)36-29(42)22-9-10-26(24(31)14-22)43-19(2)30(32,33)34/h5-10,14,16,19,23H,4,11-13,15,17H2,1-3H3,(H,35,41)(H,36,42)/t19-,23-/m1/s1. The molecular formula is C30H33ClF3N5O4. The molecule has 0 saturated carbocycles. The second-order valence-electron chi connectivity index (χ2n) is 10.6. The maximum atomic E-state index is 13.1. The molecule has 2 heterocycles. The molecule has 2 aromatic carbocycles. The first-order valence-electron chi connectivity index (χ1n) is 13.8. The van der Waals surface area contributed by atoms with E-state index in [1.807, 2.05) is 29.2 Å². The Morgan fingerprint density at radius 3 is 2.37 bits per heavy atom. The Bertz CT molecular complexity index is 1470. The Labute approximate surface area is 252 Å². The Morgan fingerprint density at radius 2 is 1.81 bits per heavy atom. The number of ketones is 1. The summed E-state index contributed by atoms with van der Waals surface area (Å²) in [5.74, 6) is -0.652. The Hall–Kier alpha value is -3.90. The van der Waals surface area contributed by atoms with E-state index in [0.717, 1.165) is 37.6 Å². The first-order valence-corrected chi connectivity index (χ1v) is 14.1. The van der Waals surface area contributed by atoms with E-state index in [1.54, 1.807) is 17.8 Å². The van der Waals surface area contributed by atoms with E-state index in [1.165, 1.54) is 25.1 Å². The van der Waals surface area contributed by atoms with Gasteiger partial charge in [0, 0.05) is 37.8 Å². The van der Waals surface area contributed by atoms with Crippen LogP contribution in [0, 0.1) is 0 Å². The van der Waals surface area contributed by atoms with E-state index in [2.05, 4.69) is 15.6 Å². The minimum Gasteiger partial charge on any atom is -0.480 e. The van der Waals surface area contributed by atoms with Gasteiger partial charge in [0.25, 0.3) is 5.91 Å². The van der Waals surface area contributed by atoms with Crippen molar-refractivity contribution in [2.24, 2.45) is 7.05 Å². The number of alkyl halides is 3. The highest BCUT2D eigenvalue weighted by molar-refractivity contribution is 6.32. The number of carbonyl (C=O) groups is 3. The maximum absolute atomic E-state index is 13.1. The van der Waals surface area contributed by atoms with Crippen LogP contribution < -0.4 is 15.4 Å². The number of hydrogen-bond donors (Lipinski definition) is 2. The van der Waals surface area contributed by atoms with E-state index in [4.69, 9.17) is 16.3 Å². The van der Waals surface area contributed by atoms with Gasteiger partial charge in [0.15, 0.2) is 17.7 Å². The zero-order valence-electron chi connectivity index (χ0n) is 24.0. The van der Waals surface area contributed by atoms with Gasteiger partial charge in [-0.3, -0.25) is 19.3 Å². The lowest BCUT2D eigenvalue weighted by Gasteiger charge is -2.30. The van der Waals surface area contributed by atoms with Gasteiger partial charge in [-0.15, -0.1) is 0 Å². The molecule has 0 unspecified atom stereocenters. The highest BCUT2D eigenvalue weighted by Gasteiger charge is 2.38. The predicted molar refractivity (Wildman–Crippen MR) is 155 cm³/mol. The number of hydrogen-bond acceptors (Lipinski definition) is 6. The summed E-state index contributed by atoms with van der Waals surface area (Å²) in [6.45, 7) is 4.48. The first-order chi connectivity index (χ1) is 20.3. The van der Waals surface area contributed by atoms with Crippen LogP contribution in [0.1, 0.15) is 46.8 Å². The number of aromatic nitrogens is 2. The molecule has 2 amide bonds. The molecule has 2 atom stereocenters. The topological polar surface area (TPSA) is 106 Å². The molecule has 9 nitrogen and oxygen atoms in total. The zero-order chi connectivity index (χ0) is 31.3. The molecule has 1 aliphatic rings. The van der Waals surface area contributed by atoms with Crippen molar-refractivity contribution >= 4 is 29.2 Å². The number of nitrogens with zero attached hydrogens (tertiary/aromatic N) is 3. The van der Waals surface area contributed by atoms with Crippen molar-refractivity contribution in [2.75, 3.05) is 26.2 Å². The van der Waals surface area contributed by atoms with Gasteiger partial charge in [-0.1, -0.05) is 35.9 Å². The number of likely N-dealkylation sites (tertiary alicyclic amines) is 1. The Morgan fingerprint density at radius 1 is 1.12 bits per heavy atom. The van der Waals surface area contributed by atoms with Crippen molar-refractivity contribution in [3.8, 4) is 17.0 Å². The lowest BCUT2D eigenvalue weighted by atomic mass is 10.0. The monoisotopic (exact) mass is 619 g/mol. The average Bonchev–Trinajstić information content (AvgIpc) is 3.32. The molecule has 0 radical (unpaired) electrons. The van der Waals surface area contributed by atoms with Crippen LogP contribution in [0.5, 0.6) is 5.75 Å². The Kier molecular flexibility index (Phi) is 10.1. The largest absolute Gasteiger partial charge is 0.480 e. The fraction of sp³-hybridized carbons (Fsp3) is 0.400. The van der Waals surface area contributed by atoms with E-state index < -0.39 is 24.2 Å². The van der Waals surface area contributed by atoms with E-state index >= 15 is 0 Å². The van der Waals surface area contributed by atoms with Crippen LogP contribution in [0.25, 0.3) is 11.3 Å². The second-order valence-corrected chi connectivity index (χ2v) is 11.0. The number of nitrogens with one attached hydrogen (secondary N) is 2. The van der Waals surface area contributed by atoms with Crippen LogP contribution in [0.4, 0.5) is 13.2 Å². The SMILES string of the molecule is CC(=O)c1nc(-c2ccc(C[C@H](CNC(=O)CN3CCC3)NC(=O)c3ccc(O[C@H](C)C(F)(F)F)c(Cl)c3)cc2)cn1C. The summed E-state index contributed by atoms with van der Waals surface area (Å²) < 4.78 is 45.3. The molecule has 0 bridgehead atoms. The predicted octanol–water partition coefficient (Wildman–Crippen LogP) is 4.44. The molecule has 2 N–H and O–H groups in total. The van der Waals surface area contributed by atoms with Gasteiger partial charge < -0.3 is 19.9 Å². The van der Waals surface area contributed by atoms with Crippen molar-refractivity contribution < 1.29 is 32.3 Å². The fourth-order valence-electron chi connectivity index (χ4n) is 4.50. The molecule has 1 aromatic heterocycles. The van der Waals surface area contributed by atoms with E-state index in [0.29, 0.717) is 17.9 Å². The summed E-state index contributed by atoms with van der Waals surface area (Å²) >= 11 is 6.14. The first kappa shape index (κ1) is 32.0. The van der Waals surface area contributed by atoms with Gasteiger partial charge in [0.05, 0.1) is 23.3 Å². The number of benzene rings is 2. The van der Waals surface area contributed by atoms with Gasteiger partial charge in [0.2, 0.25) is 5.91 Å². The second kappa shape index (κ2) is 13.6. The number of imidazole rings is 1. The summed E-state index contributed by atoms with van der Waals surface area (Å²) in [5.41, 5.74) is 2.46. The molecule has 3 aromatic rings. The number of rotatable bonds is 12. The number of ether oxygens (including phenoxy) is 1. The average molecular weight is 620 g/mol. The van der Waals surface area contributed by atoms with Crippen molar-refractivity contribution in [2.45, 2.75) is 45.0 Å². The number of aryl methyl sites for hydroxylation is 1. The molecule has 13 heteroatoms. The zero-order valence-corrected chi connectivity index (χ0v) is 24.8. The van der Waals surface area contributed by atoms with Crippen LogP contribution in [0.3, 0.4) is 0 Å². The van der Waals surface area contributed by atoms with Crippen molar-refractivity contribution in [3.63, 3.8) is 0 Å². The quantitative estimate of drug-likeness (QED) is 0.291. The van der Waals surface area contributed by atoms with Gasteiger partial charge in [-0.25, -0.2) is 4.98 Å². The summed E-state index contributed by atoms with van der Waals surface area (Å²) in [4.78, 5) is 43.8. The third-order valence-corrected chi connectivity index (χ3v) is 7.37. The van der Waals surface area contributed by atoms with E-state index in [9.17, 15) is 27.6 Å². The normalized spacial score (nSPS) is 14.9. The molecule has 1 saturated heterocycles. The number of carbonyl (C=O) groups excluding carboxylic acids is 3. The molecule has 230 valence electrons. The highest BCUT2D eigenvalue weighted by Crippen LogP contribution is 2.30. The number of Topliss-reactive ketones (excluding diaryl/α,β-unsaturated/α-hetero) is 1. The third kappa shape index (κ3) is 8.57. The van der Waals surface area contributed by atoms with Crippen LogP contribution in [-0.4, -0.2) is 76.5 Å². The lowest BCUT2D eigenvalue weighted by molar-refractivity contribution is -0.189. The third-order valence-electron chi connectivity index (χ3n) is 7.08. The molecule has 0 aliphatic carbocycles. The van der Waals surface area contributed by atoms with Gasteiger partial charge >= 0.3 is 6.18 Å². The van der Waals surface area contributed by atoms with Crippen molar-refractivity contribution in [3.05, 3.63) is 70.6 Å². The van der Waals surface area contributed by atoms with Crippen LogP contribution in [0.15, 0.2) is 48.7 Å². The summed E-state index contributed by atoms with van der Waals surface area (Å²) in [6, 6.07) is 10.8. The highest BCUT2D eigenvalue weighted by atomic mass is 35.5. The maximum Gasteiger partial charge on any atom is 0.425 e. The molecule has 1 aliphatic heterocycles. The van der Waals surface area contributed by atoms with Crippen molar-refractivity contribution in [1.29, 1.82) is 0 Å². The summed E-state index contributed by atoms with van der Waals surface area (Å²) in [7, 11) is 1.75. The van der Waals surface area contributed by atoms with Crippen molar-refractivity contribution in [1.82, 2.24) is 25.1 Å². The smallest absolute Gasteiger partial charge is 0.425 e. The van der Waals surface area contributed by atoms with Gasteiger partial charge in [-0.2, -0.15) is 13.2 Å². The molecule has 43 heavy (non-hydrogen) atoms. The van der Waals surface area contributed by atoms with Crippen LogP contribution in [0.2, 0.25) is 5.02 Å². The fourth-order valence-corrected chi connectivity index (χ4v) is 4.73. The summed E-state index contributed by atoms with van der Waals surface area (Å²) in [6.07, 6.45) is -3.45. The number of halogens is 4. The van der Waals surface area contributed by atoms with Gasteiger partial charge in [-0.05, 0) is 56.6 Å². The number of amides is 2.